The van der Waals surface area contributed by atoms with E-state index < -0.39 is 29.1 Å². The van der Waals surface area contributed by atoms with Gasteiger partial charge in [0, 0.05) is 29.6 Å². The highest BCUT2D eigenvalue weighted by Gasteiger charge is 2.66. The standard InChI is InChI=1S/C42H43N3O7/c1-26-39(41(2,3)50)36(21-37(47)43-23-29-11-5-4-10-28(29)20-31(43)24-46)52-42(26)32-12-6-7-13-33(32)44(40(42)49)22-27-16-18-30(19-17-27)45-34-14-8-9-15-35(34)51-25-38(45)48/h4-19,26,31,36,39,46,50H,20-25H2,1-3H3/t26-,31+,36+,39-,42+/m1/s1. The lowest BCUT2D eigenvalue weighted by Crippen LogP contribution is -2.48. The second-order valence-corrected chi connectivity index (χ2v) is 15.0. The van der Waals surface area contributed by atoms with E-state index in [4.69, 9.17) is 9.47 Å². The summed E-state index contributed by atoms with van der Waals surface area (Å²) in [4.78, 5) is 47.0. The van der Waals surface area contributed by atoms with E-state index in [0.29, 0.717) is 35.7 Å². The van der Waals surface area contributed by atoms with E-state index >= 15 is 0 Å². The minimum atomic E-state index is -1.42. The molecule has 3 amide bonds. The zero-order valence-corrected chi connectivity index (χ0v) is 29.6. The highest BCUT2D eigenvalue weighted by molar-refractivity contribution is 6.08. The molecular formula is C42H43N3O7. The van der Waals surface area contributed by atoms with Crippen molar-refractivity contribution < 1.29 is 34.1 Å². The average molecular weight is 702 g/mol. The zero-order valence-electron chi connectivity index (χ0n) is 29.6. The van der Waals surface area contributed by atoms with Gasteiger partial charge in [0.15, 0.2) is 12.2 Å². The van der Waals surface area contributed by atoms with Crippen LogP contribution < -0.4 is 14.5 Å². The molecule has 8 rings (SSSR count). The molecule has 4 aliphatic rings. The SMILES string of the molecule is C[C@@H]1[C@@H](C(C)(C)O)[C@H](CC(=O)N2Cc3ccccc3C[C@H]2CO)O[C@@]12C(=O)N(Cc1ccc(N3C(=O)COc4ccccc43)cc1)c1ccccc12. The predicted molar refractivity (Wildman–Crippen MR) is 195 cm³/mol. The Bertz CT molecular complexity index is 2040. The van der Waals surface area contributed by atoms with Crippen LogP contribution in [0.2, 0.25) is 0 Å². The average Bonchev–Trinajstić information content (AvgIpc) is 3.57. The normalized spacial score (nSPS) is 25.2. The molecule has 52 heavy (non-hydrogen) atoms. The number of aliphatic hydroxyl groups is 2. The number of ether oxygens (including phenoxy) is 2. The summed E-state index contributed by atoms with van der Waals surface area (Å²) < 4.78 is 12.5. The van der Waals surface area contributed by atoms with Gasteiger partial charge in [0.25, 0.3) is 11.8 Å². The van der Waals surface area contributed by atoms with Crippen molar-refractivity contribution >= 4 is 34.8 Å². The van der Waals surface area contributed by atoms with Gasteiger partial charge >= 0.3 is 0 Å². The van der Waals surface area contributed by atoms with Crippen LogP contribution in [-0.4, -0.2) is 63.8 Å². The first kappa shape index (κ1) is 34.1. The van der Waals surface area contributed by atoms with Crippen LogP contribution >= 0.6 is 0 Å². The molecule has 1 spiro atoms. The molecule has 268 valence electrons. The third-order valence-electron chi connectivity index (χ3n) is 11.4. The number of anilines is 3. The molecule has 0 saturated carbocycles. The Morgan fingerprint density at radius 1 is 0.904 bits per heavy atom. The van der Waals surface area contributed by atoms with E-state index in [0.717, 1.165) is 22.4 Å². The molecule has 4 aromatic rings. The molecule has 10 heteroatoms. The maximum Gasteiger partial charge on any atom is 0.269 e. The number of rotatable bonds is 7. The molecule has 0 aromatic heterocycles. The summed E-state index contributed by atoms with van der Waals surface area (Å²) >= 11 is 0. The topological polar surface area (TPSA) is 120 Å². The lowest BCUT2D eigenvalue weighted by atomic mass is 9.70. The summed E-state index contributed by atoms with van der Waals surface area (Å²) in [5.41, 5.74) is 3.13. The molecular weight excluding hydrogens is 658 g/mol. The zero-order chi connectivity index (χ0) is 36.4. The van der Waals surface area contributed by atoms with Crippen molar-refractivity contribution in [3.63, 3.8) is 0 Å². The molecule has 5 atom stereocenters. The number of para-hydroxylation sites is 3. The fourth-order valence-corrected chi connectivity index (χ4v) is 9.04. The van der Waals surface area contributed by atoms with E-state index in [1.54, 1.807) is 28.5 Å². The Kier molecular flexibility index (Phi) is 8.44. The summed E-state index contributed by atoms with van der Waals surface area (Å²) in [6.07, 6.45) is -0.249. The van der Waals surface area contributed by atoms with Gasteiger partial charge < -0.3 is 29.5 Å². The molecule has 0 bridgehead atoms. The first-order chi connectivity index (χ1) is 25.0. The van der Waals surface area contributed by atoms with Crippen LogP contribution in [-0.2, 0) is 44.2 Å². The Labute approximate surface area is 303 Å². The first-order valence-electron chi connectivity index (χ1n) is 17.9. The third kappa shape index (κ3) is 5.48. The largest absolute Gasteiger partial charge is 0.482 e. The van der Waals surface area contributed by atoms with E-state index in [1.807, 2.05) is 104 Å². The number of carbonyl (C=O) groups is 3. The fraction of sp³-hybridized carbons (Fsp3) is 0.357. The van der Waals surface area contributed by atoms with Crippen LogP contribution in [0.3, 0.4) is 0 Å². The van der Waals surface area contributed by atoms with Crippen LogP contribution in [0.25, 0.3) is 0 Å². The number of hydrogen-bond acceptors (Lipinski definition) is 7. The van der Waals surface area contributed by atoms with Gasteiger partial charge in [-0.1, -0.05) is 73.7 Å². The highest BCUT2D eigenvalue weighted by atomic mass is 16.5. The van der Waals surface area contributed by atoms with Crippen LogP contribution in [0.5, 0.6) is 5.75 Å². The molecule has 4 heterocycles. The van der Waals surface area contributed by atoms with Gasteiger partial charge in [0.2, 0.25) is 5.91 Å². The third-order valence-corrected chi connectivity index (χ3v) is 11.4. The van der Waals surface area contributed by atoms with Crippen molar-refractivity contribution in [2.75, 3.05) is 23.0 Å². The fourth-order valence-electron chi connectivity index (χ4n) is 9.04. The Balaban J connectivity index is 1.08. The summed E-state index contributed by atoms with van der Waals surface area (Å²) in [7, 11) is 0. The number of amides is 3. The van der Waals surface area contributed by atoms with Crippen molar-refractivity contribution in [2.45, 2.75) is 70.1 Å². The molecule has 0 radical (unpaired) electrons. The van der Waals surface area contributed by atoms with Gasteiger partial charge in [-0.05, 0) is 67.3 Å². The van der Waals surface area contributed by atoms with Crippen LogP contribution in [0, 0.1) is 11.8 Å². The van der Waals surface area contributed by atoms with Crippen LogP contribution in [0.4, 0.5) is 17.1 Å². The van der Waals surface area contributed by atoms with Gasteiger partial charge in [-0.3, -0.25) is 19.3 Å². The number of carbonyl (C=O) groups excluding carboxylic acids is 3. The Morgan fingerprint density at radius 3 is 2.31 bits per heavy atom. The van der Waals surface area contributed by atoms with Gasteiger partial charge in [-0.15, -0.1) is 0 Å². The summed E-state index contributed by atoms with van der Waals surface area (Å²) in [6.45, 7) is 5.77. The highest BCUT2D eigenvalue weighted by Crippen LogP contribution is 2.58. The first-order valence-corrected chi connectivity index (χ1v) is 17.9. The van der Waals surface area contributed by atoms with Gasteiger partial charge in [-0.2, -0.15) is 0 Å². The molecule has 2 N–H and O–H groups in total. The van der Waals surface area contributed by atoms with Crippen molar-refractivity contribution in [3.05, 3.63) is 119 Å². The lowest BCUT2D eigenvalue weighted by molar-refractivity contribution is -0.151. The monoisotopic (exact) mass is 701 g/mol. The van der Waals surface area contributed by atoms with Crippen molar-refractivity contribution in [1.29, 1.82) is 0 Å². The van der Waals surface area contributed by atoms with Crippen molar-refractivity contribution in [1.82, 2.24) is 4.90 Å². The quantitative estimate of drug-likeness (QED) is 0.271. The molecule has 1 fully saturated rings. The number of hydrogen-bond donors (Lipinski definition) is 2. The van der Waals surface area contributed by atoms with Crippen molar-refractivity contribution in [3.8, 4) is 5.75 Å². The summed E-state index contributed by atoms with van der Waals surface area (Å²) in [5.74, 6) is -0.988. The molecule has 0 unspecified atom stereocenters. The number of nitrogens with zero attached hydrogens (tertiary/aromatic N) is 3. The predicted octanol–water partition coefficient (Wildman–Crippen LogP) is 5.24. The molecule has 4 aliphatic heterocycles. The number of benzene rings is 4. The maximum absolute atomic E-state index is 14.9. The van der Waals surface area contributed by atoms with Crippen LogP contribution in [0.1, 0.15) is 49.4 Å². The molecule has 0 aliphatic carbocycles. The second-order valence-electron chi connectivity index (χ2n) is 15.0. The van der Waals surface area contributed by atoms with Crippen LogP contribution in [0.15, 0.2) is 97.1 Å². The van der Waals surface area contributed by atoms with Gasteiger partial charge in [0.05, 0.1) is 48.7 Å². The second kappa shape index (κ2) is 12.9. The minimum absolute atomic E-state index is 0.0420. The summed E-state index contributed by atoms with van der Waals surface area (Å²) in [5, 5.41) is 21.9. The molecule has 4 aromatic carbocycles. The number of fused-ring (bicyclic) bond motifs is 4. The van der Waals surface area contributed by atoms with Gasteiger partial charge in [-0.25, -0.2) is 0 Å². The van der Waals surface area contributed by atoms with Gasteiger partial charge in [0.1, 0.15) is 5.75 Å². The Hall–Kier alpha value is -5.03. The molecule has 1 saturated heterocycles. The number of aliphatic hydroxyl groups excluding tert-OH is 1. The van der Waals surface area contributed by atoms with E-state index in [-0.39, 0.29) is 49.9 Å². The molecule has 10 nitrogen and oxygen atoms in total. The van der Waals surface area contributed by atoms with E-state index in [1.165, 1.54) is 0 Å². The maximum atomic E-state index is 14.9. The van der Waals surface area contributed by atoms with E-state index in [9.17, 15) is 24.6 Å². The Morgan fingerprint density at radius 2 is 1.58 bits per heavy atom. The minimum Gasteiger partial charge on any atom is -0.482 e. The smallest absolute Gasteiger partial charge is 0.269 e. The van der Waals surface area contributed by atoms with Crippen molar-refractivity contribution in [2.24, 2.45) is 11.8 Å². The summed E-state index contributed by atoms with van der Waals surface area (Å²) in [6, 6.07) is 30.1. The lowest BCUT2D eigenvalue weighted by Gasteiger charge is -2.38. The van der Waals surface area contributed by atoms with E-state index in [2.05, 4.69) is 0 Å².